The molecule has 0 aliphatic heterocycles. The highest BCUT2D eigenvalue weighted by Crippen LogP contribution is 2.21. The highest BCUT2D eigenvalue weighted by molar-refractivity contribution is 5.70. The third-order valence-electron chi connectivity index (χ3n) is 4.25. The van der Waals surface area contributed by atoms with Gasteiger partial charge in [0, 0.05) is 18.0 Å². The quantitative estimate of drug-likeness (QED) is 0.392. The van der Waals surface area contributed by atoms with Gasteiger partial charge < -0.3 is 9.84 Å². The maximum atomic E-state index is 14.2. The average Bonchev–Trinajstić information content (AvgIpc) is 3.28. The fourth-order valence-corrected chi connectivity index (χ4v) is 2.79. The Labute approximate surface area is 173 Å². The molecule has 1 aromatic heterocycles. The number of hydrogen-bond donors (Lipinski definition) is 2. The highest BCUT2D eigenvalue weighted by Gasteiger charge is 2.12. The van der Waals surface area contributed by atoms with Crippen LogP contribution in [0.1, 0.15) is 18.1 Å². The number of carboxylic acid groups (broad SMARTS) is 1. The van der Waals surface area contributed by atoms with Gasteiger partial charge in [-0.1, -0.05) is 30.3 Å². The second-order valence-electron chi connectivity index (χ2n) is 6.30. The van der Waals surface area contributed by atoms with Gasteiger partial charge >= 0.3 is 5.97 Å². The summed E-state index contributed by atoms with van der Waals surface area (Å²) in [6, 6.07) is 14.1. The van der Waals surface area contributed by atoms with Gasteiger partial charge in [-0.15, -0.1) is 0 Å². The van der Waals surface area contributed by atoms with E-state index in [9.17, 15) is 9.18 Å². The Hall–Kier alpha value is -3.65. The van der Waals surface area contributed by atoms with E-state index < -0.39 is 18.2 Å². The van der Waals surface area contributed by atoms with E-state index in [0.29, 0.717) is 0 Å². The summed E-state index contributed by atoms with van der Waals surface area (Å²) in [5.41, 5.74) is 5.60. The number of carboxylic acids is 1. The zero-order valence-electron chi connectivity index (χ0n) is 16.4. The van der Waals surface area contributed by atoms with E-state index in [1.165, 1.54) is 12.1 Å². The molecule has 156 valence electrons. The number of benzene rings is 2. The smallest absolute Gasteiger partial charge is 0.307 e. The van der Waals surface area contributed by atoms with Crippen LogP contribution in [-0.4, -0.2) is 34.1 Å². The van der Waals surface area contributed by atoms with Crippen molar-refractivity contribution in [1.29, 1.82) is 0 Å². The van der Waals surface area contributed by atoms with Crippen molar-refractivity contribution in [2.45, 2.75) is 13.3 Å². The van der Waals surface area contributed by atoms with E-state index in [4.69, 9.17) is 14.7 Å². The van der Waals surface area contributed by atoms with Crippen LogP contribution < -0.4 is 10.2 Å². The monoisotopic (exact) mass is 411 g/mol. The summed E-state index contributed by atoms with van der Waals surface area (Å²) < 4.78 is 21.4. The standard InChI is InChI=1S/C22H22FN3O4/c1-2-19(16-7-9-18(10-8-16)26-12-4-11-24-26)25-30-14-13-29-20-6-3-5-17(22(20)23)15-21(27)28/h2-12,25H,13-15H2,1H3,(H,27,28). The average molecular weight is 411 g/mol. The number of nitrogens with zero attached hydrogens (tertiary/aromatic N) is 2. The number of hydroxylamine groups is 1. The Morgan fingerprint density at radius 1 is 1.20 bits per heavy atom. The third kappa shape index (κ3) is 5.45. The first-order valence-electron chi connectivity index (χ1n) is 9.35. The van der Waals surface area contributed by atoms with E-state index in [1.54, 1.807) is 16.9 Å². The van der Waals surface area contributed by atoms with Crippen LogP contribution in [-0.2, 0) is 16.1 Å². The Balaban J connectivity index is 1.48. The van der Waals surface area contributed by atoms with Gasteiger partial charge in [0.05, 0.1) is 17.8 Å². The number of aliphatic carboxylic acids is 1. The molecule has 0 amide bonds. The highest BCUT2D eigenvalue weighted by atomic mass is 19.1. The molecule has 0 unspecified atom stereocenters. The summed E-state index contributed by atoms with van der Waals surface area (Å²) in [7, 11) is 0. The lowest BCUT2D eigenvalue weighted by molar-refractivity contribution is -0.136. The maximum Gasteiger partial charge on any atom is 0.307 e. The van der Waals surface area contributed by atoms with Gasteiger partial charge in [0.1, 0.15) is 13.2 Å². The van der Waals surface area contributed by atoms with E-state index >= 15 is 0 Å². The molecule has 30 heavy (non-hydrogen) atoms. The summed E-state index contributed by atoms with van der Waals surface area (Å²) in [6.07, 6.45) is 5.06. The third-order valence-corrected chi connectivity index (χ3v) is 4.25. The molecule has 0 radical (unpaired) electrons. The van der Waals surface area contributed by atoms with Crippen LogP contribution in [0.25, 0.3) is 11.4 Å². The number of halogens is 1. The predicted molar refractivity (Wildman–Crippen MR) is 110 cm³/mol. The number of hydrogen-bond acceptors (Lipinski definition) is 5. The molecule has 0 aliphatic carbocycles. The SMILES string of the molecule is CC=C(NOCCOc1cccc(CC(=O)O)c1F)c1ccc(-n2cccn2)cc1. The molecular formula is C22H22FN3O4. The van der Waals surface area contributed by atoms with E-state index in [0.717, 1.165) is 16.9 Å². The van der Waals surface area contributed by atoms with Crippen LogP contribution in [0, 0.1) is 5.82 Å². The molecule has 0 atom stereocenters. The van der Waals surface area contributed by atoms with Crippen molar-refractivity contribution in [3.05, 3.63) is 83.9 Å². The predicted octanol–water partition coefficient (Wildman–Crippen LogP) is 3.60. The number of ether oxygens (including phenoxy) is 1. The summed E-state index contributed by atoms with van der Waals surface area (Å²) in [5, 5.41) is 13.0. The van der Waals surface area contributed by atoms with Crippen molar-refractivity contribution >= 4 is 11.7 Å². The van der Waals surface area contributed by atoms with E-state index in [-0.39, 0.29) is 24.5 Å². The normalized spacial score (nSPS) is 11.3. The number of allylic oxidation sites excluding steroid dienone is 1. The molecular weight excluding hydrogens is 389 g/mol. The molecule has 0 spiro atoms. The second-order valence-corrected chi connectivity index (χ2v) is 6.30. The minimum Gasteiger partial charge on any atom is -0.488 e. The minimum atomic E-state index is -1.10. The van der Waals surface area contributed by atoms with Crippen LogP contribution >= 0.6 is 0 Å². The number of carbonyl (C=O) groups is 1. The van der Waals surface area contributed by atoms with Gasteiger partial charge in [0.15, 0.2) is 11.6 Å². The minimum absolute atomic E-state index is 0.00202. The van der Waals surface area contributed by atoms with Crippen molar-refractivity contribution < 1.29 is 23.9 Å². The molecule has 1 heterocycles. The lowest BCUT2D eigenvalue weighted by Gasteiger charge is -2.13. The molecule has 0 bridgehead atoms. The van der Waals surface area contributed by atoms with Crippen molar-refractivity contribution in [3.8, 4) is 11.4 Å². The van der Waals surface area contributed by atoms with Crippen molar-refractivity contribution in [2.24, 2.45) is 0 Å². The molecule has 7 nitrogen and oxygen atoms in total. The van der Waals surface area contributed by atoms with Crippen molar-refractivity contribution in [3.63, 3.8) is 0 Å². The van der Waals surface area contributed by atoms with Crippen molar-refractivity contribution in [2.75, 3.05) is 13.2 Å². The Kier molecular flexibility index (Phi) is 7.18. The zero-order valence-corrected chi connectivity index (χ0v) is 16.4. The summed E-state index contributed by atoms with van der Waals surface area (Å²) >= 11 is 0. The van der Waals surface area contributed by atoms with Gasteiger partial charge in [-0.2, -0.15) is 5.10 Å². The van der Waals surface area contributed by atoms with Gasteiger partial charge in [0.2, 0.25) is 0 Å². The topological polar surface area (TPSA) is 85.6 Å². The van der Waals surface area contributed by atoms with Crippen LogP contribution in [0.4, 0.5) is 4.39 Å². The van der Waals surface area contributed by atoms with Gasteiger partial charge in [0.25, 0.3) is 0 Å². The number of nitrogens with one attached hydrogen (secondary N) is 1. The van der Waals surface area contributed by atoms with Gasteiger partial charge in [-0.3, -0.25) is 15.1 Å². The van der Waals surface area contributed by atoms with Crippen LogP contribution in [0.2, 0.25) is 0 Å². The number of aromatic nitrogens is 2. The molecule has 2 N–H and O–H groups in total. The van der Waals surface area contributed by atoms with E-state index in [2.05, 4.69) is 10.6 Å². The molecule has 0 saturated heterocycles. The first-order valence-corrected chi connectivity index (χ1v) is 9.35. The summed E-state index contributed by atoms with van der Waals surface area (Å²) in [4.78, 5) is 16.2. The molecule has 0 saturated carbocycles. The number of rotatable bonds is 10. The Bertz CT molecular complexity index is 1000. The molecule has 8 heteroatoms. The van der Waals surface area contributed by atoms with Crippen LogP contribution in [0.5, 0.6) is 5.75 Å². The summed E-state index contributed by atoms with van der Waals surface area (Å²) in [5.74, 6) is -1.77. The first-order chi connectivity index (χ1) is 14.6. The molecule has 3 aromatic rings. The van der Waals surface area contributed by atoms with Crippen LogP contribution in [0.15, 0.2) is 67.0 Å². The van der Waals surface area contributed by atoms with Crippen molar-refractivity contribution in [1.82, 2.24) is 15.3 Å². The second kappa shape index (κ2) is 10.2. The lowest BCUT2D eigenvalue weighted by atomic mass is 10.1. The maximum absolute atomic E-state index is 14.2. The zero-order chi connectivity index (χ0) is 21.3. The van der Waals surface area contributed by atoms with E-state index in [1.807, 2.05) is 49.5 Å². The molecule has 2 aromatic carbocycles. The van der Waals surface area contributed by atoms with Crippen LogP contribution in [0.3, 0.4) is 0 Å². The van der Waals surface area contributed by atoms with Gasteiger partial charge in [-0.05, 0) is 36.8 Å². The first kappa shape index (κ1) is 21.1. The van der Waals surface area contributed by atoms with Gasteiger partial charge in [-0.25, -0.2) is 9.07 Å². The molecule has 0 fully saturated rings. The summed E-state index contributed by atoms with van der Waals surface area (Å²) in [6.45, 7) is 2.13. The largest absolute Gasteiger partial charge is 0.488 e. The molecule has 0 aliphatic rings. The fraction of sp³-hybridized carbons (Fsp3) is 0.182. The molecule has 3 rings (SSSR count). The lowest BCUT2D eigenvalue weighted by Crippen LogP contribution is -2.18. The fourth-order valence-electron chi connectivity index (χ4n) is 2.79. The Morgan fingerprint density at radius 3 is 2.67 bits per heavy atom. The Morgan fingerprint density at radius 2 is 2.00 bits per heavy atom.